The summed E-state index contributed by atoms with van der Waals surface area (Å²) >= 11 is 0. The van der Waals surface area contributed by atoms with Crippen LogP contribution >= 0.6 is 0 Å². The van der Waals surface area contributed by atoms with Crippen LogP contribution in [0.1, 0.15) is 49.2 Å². The highest BCUT2D eigenvalue weighted by Crippen LogP contribution is 2.22. The van der Waals surface area contributed by atoms with E-state index in [4.69, 9.17) is 9.26 Å². The van der Waals surface area contributed by atoms with E-state index >= 15 is 0 Å². The van der Waals surface area contributed by atoms with Crippen molar-refractivity contribution in [2.75, 3.05) is 27.7 Å². The minimum Gasteiger partial charge on any atom is -0.497 e. The molecule has 0 spiro atoms. The monoisotopic (exact) mass is 436 g/mol. The number of amides is 1. The zero-order chi connectivity index (χ0) is 23.1. The van der Waals surface area contributed by atoms with Crippen LogP contribution in [0.3, 0.4) is 0 Å². The number of carbonyl (C=O) groups is 1. The van der Waals surface area contributed by atoms with Gasteiger partial charge in [-0.2, -0.15) is 4.98 Å². The first kappa shape index (κ1) is 23.5. The maximum atomic E-state index is 12.4. The Hall–Kier alpha value is -3.19. The molecule has 0 saturated carbocycles. The van der Waals surface area contributed by atoms with E-state index in [0.717, 1.165) is 16.9 Å². The quantitative estimate of drug-likeness (QED) is 0.513. The maximum absolute atomic E-state index is 12.4. The van der Waals surface area contributed by atoms with Gasteiger partial charge in [0.2, 0.25) is 17.6 Å². The summed E-state index contributed by atoms with van der Waals surface area (Å²) in [5.74, 6) is 2.24. The van der Waals surface area contributed by atoms with Crippen molar-refractivity contribution in [2.24, 2.45) is 0 Å². The second kappa shape index (κ2) is 10.9. The summed E-state index contributed by atoms with van der Waals surface area (Å²) in [6, 6.07) is 16.1. The molecular weight excluding hydrogens is 404 g/mol. The number of aryl methyl sites for hydroxylation is 1. The molecule has 0 radical (unpaired) electrons. The van der Waals surface area contributed by atoms with Crippen LogP contribution in [0, 0.1) is 0 Å². The number of carbonyl (C=O) groups excluding carboxylic acids is 1. The average Bonchev–Trinajstić information content (AvgIpc) is 3.27. The van der Waals surface area contributed by atoms with Crippen molar-refractivity contribution in [1.82, 2.24) is 20.4 Å². The van der Waals surface area contributed by atoms with Crippen molar-refractivity contribution in [1.29, 1.82) is 0 Å². The highest BCUT2D eigenvalue weighted by Gasteiger charge is 2.16. The standard InChI is InChI=1S/C25H32N4O3/c1-17(2)18-6-8-20(9-7-18)25-27-24(32-28-25)15-14-23(30)26-16-22(29(3)4)19-10-12-21(31-5)13-11-19/h6-13,17,22H,14-16H2,1-5H3,(H,26,30). The van der Waals surface area contributed by atoms with Crippen molar-refractivity contribution >= 4 is 5.91 Å². The Kier molecular flexibility index (Phi) is 8.00. The van der Waals surface area contributed by atoms with E-state index in [1.807, 2.05) is 50.5 Å². The lowest BCUT2D eigenvalue weighted by Crippen LogP contribution is -2.34. The Bertz CT molecular complexity index is 995. The van der Waals surface area contributed by atoms with Gasteiger partial charge < -0.3 is 19.5 Å². The second-order valence-electron chi connectivity index (χ2n) is 8.35. The summed E-state index contributed by atoms with van der Waals surface area (Å²) in [4.78, 5) is 18.9. The highest BCUT2D eigenvalue weighted by atomic mass is 16.5. The van der Waals surface area contributed by atoms with Crippen molar-refractivity contribution in [2.45, 2.75) is 38.6 Å². The van der Waals surface area contributed by atoms with Gasteiger partial charge in [0.1, 0.15) is 5.75 Å². The zero-order valence-electron chi connectivity index (χ0n) is 19.5. The van der Waals surface area contributed by atoms with Gasteiger partial charge in [0, 0.05) is 24.9 Å². The summed E-state index contributed by atoms with van der Waals surface area (Å²) in [6.45, 7) is 4.82. The molecule has 7 nitrogen and oxygen atoms in total. The molecule has 0 fully saturated rings. The molecule has 2 aromatic carbocycles. The number of aromatic nitrogens is 2. The summed E-state index contributed by atoms with van der Waals surface area (Å²) in [5, 5.41) is 7.07. The third kappa shape index (κ3) is 6.17. The smallest absolute Gasteiger partial charge is 0.227 e. The summed E-state index contributed by atoms with van der Waals surface area (Å²) in [7, 11) is 5.64. The first-order valence-electron chi connectivity index (χ1n) is 10.9. The third-order valence-electron chi connectivity index (χ3n) is 5.49. The molecule has 170 valence electrons. The molecule has 1 atom stereocenters. The van der Waals surface area contributed by atoms with Gasteiger partial charge in [-0.1, -0.05) is 55.4 Å². The van der Waals surface area contributed by atoms with Crippen molar-refractivity contribution in [3.8, 4) is 17.1 Å². The van der Waals surface area contributed by atoms with Gasteiger partial charge in [0.15, 0.2) is 0 Å². The fourth-order valence-corrected chi connectivity index (χ4v) is 3.43. The Labute approximate surface area is 189 Å². The van der Waals surface area contributed by atoms with Gasteiger partial charge in [-0.25, -0.2) is 0 Å². The van der Waals surface area contributed by atoms with Gasteiger partial charge in [-0.3, -0.25) is 4.79 Å². The van der Waals surface area contributed by atoms with Gasteiger partial charge in [-0.05, 0) is 43.3 Å². The summed E-state index contributed by atoms with van der Waals surface area (Å²) < 4.78 is 10.6. The minimum absolute atomic E-state index is 0.0496. The van der Waals surface area contributed by atoms with Crippen LogP contribution in [0.4, 0.5) is 0 Å². The molecule has 1 heterocycles. The molecular formula is C25H32N4O3. The van der Waals surface area contributed by atoms with Crippen LogP contribution in [-0.4, -0.2) is 48.7 Å². The maximum Gasteiger partial charge on any atom is 0.227 e. The Morgan fingerprint density at radius 2 is 1.72 bits per heavy atom. The third-order valence-corrected chi connectivity index (χ3v) is 5.49. The number of benzene rings is 2. The second-order valence-corrected chi connectivity index (χ2v) is 8.35. The number of ether oxygens (including phenoxy) is 1. The number of hydrogen-bond donors (Lipinski definition) is 1. The molecule has 32 heavy (non-hydrogen) atoms. The van der Waals surface area contributed by atoms with Crippen LogP contribution in [0.25, 0.3) is 11.4 Å². The Morgan fingerprint density at radius 1 is 1.06 bits per heavy atom. The number of methoxy groups -OCH3 is 1. The van der Waals surface area contributed by atoms with Gasteiger partial charge in [0.05, 0.1) is 13.2 Å². The molecule has 7 heteroatoms. The van der Waals surface area contributed by atoms with E-state index in [9.17, 15) is 4.79 Å². The van der Waals surface area contributed by atoms with Gasteiger partial charge in [-0.15, -0.1) is 0 Å². The molecule has 1 N–H and O–H groups in total. The fraction of sp³-hybridized carbons (Fsp3) is 0.400. The number of rotatable bonds is 10. The molecule has 0 aliphatic rings. The van der Waals surface area contributed by atoms with Crippen LogP contribution in [0.2, 0.25) is 0 Å². The lowest BCUT2D eigenvalue weighted by molar-refractivity contribution is -0.121. The van der Waals surface area contributed by atoms with E-state index in [2.05, 4.69) is 46.3 Å². The molecule has 1 amide bonds. The molecule has 3 aromatic rings. The molecule has 0 aliphatic carbocycles. The van der Waals surface area contributed by atoms with Crippen LogP contribution in [0.5, 0.6) is 5.75 Å². The summed E-state index contributed by atoms with van der Waals surface area (Å²) in [6.07, 6.45) is 0.689. The first-order chi connectivity index (χ1) is 15.4. The predicted octanol–water partition coefficient (Wildman–Crippen LogP) is 4.22. The fourth-order valence-electron chi connectivity index (χ4n) is 3.43. The largest absolute Gasteiger partial charge is 0.497 e. The normalized spacial score (nSPS) is 12.2. The molecule has 3 rings (SSSR count). The molecule has 1 aromatic heterocycles. The van der Waals surface area contributed by atoms with E-state index in [1.54, 1.807) is 7.11 Å². The van der Waals surface area contributed by atoms with Crippen LogP contribution in [-0.2, 0) is 11.2 Å². The average molecular weight is 437 g/mol. The topological polar surface area (TPSA) is 80.5 Å². The summed E-state index contributed by atoms with van der Waals surface area (Å²) in [5.41, 5.74) is 3.28. The number of likely N-dealkylation sites (N-methyl/N-ethyl adjacent to an activating group) is 1. The Morgan fingerprint density at radius 3 is 2.31 bits per heavy atom. The SMILES string of the molecule is COc1ccc(C(CNC(=O)CCc2nc(-c3ccc(C(C)C)cc3)no2)N(C)C)cc1. The predicted molar refractivity (Wildman–Crippen MR) is 125 cm³/mol. The van der Waals surface area contributed by atoms with Crippen LogP contribution in [0.15, 0.2) is 53.1 Å². The number of hydrogen-bond acceptors (Lipinski definition) is 6. The van der Waals surface area contributed by atoms with Crippen molar-refractivity contribution in [3.05, 3.63) is 65.5 Å². The molecule has 0 aliphatic heterocycles. The molecule has 0 bridgehead atoms. The molecule has 1 unspecified atom stereocenters. The lowest BCUT2D eigenvalue weighted by Gasteiger charge is -2.25. The van der Waals surface area contributed by atoms with Crippen molar-refractivity contribution in [3.63, 3.8) is 0 Å². The highest BCUT2D eigenvalue weighted by molar-refractivity contribution is 5.76. The van der Waals surface area contributed by atoms with E-state index < -0.39 is 0 Å². The minimum atomic E-state index is -0.0496. The van der Waals surface area contributed by atoms with Gasteiger partial charge in [0.25, 0.3) is 0 Å². The van der Waals surface area contributed by atoms with E-state index in [0.29, 0.717) is 30.6 Å². The lowest BCUT2D eigenvalue weighted by atomic mass is 10.0. The number of nitrogens with one attached hydrogen (secondary N) is 1. The van der Waals surface area contributed by atoms with E-state index in [1.165, 1.54) is 5.56 Å². The number of nitrogens with zero attached hydrogens (tertiary/aromatic N) is 3. The van der Waals surface area contributed by atoms with Crippen LogP contribution < -0.4 is 10.1 Å². The molecule has 0 saturated heterocycles. The van der Waals surface area contributed by atoms with E-state index in [-0.39, 0.29) is 18.4 Å². The Balaban J connectivity index is 1.52. The first-order valence-corrected chi connectivity index (χ1v) is 10.9. The van der Waals surface area contributed by atoms with Crippen molar-refractivity contribution < 1.29 is 14.1 Å². The zero-order valence-corrected chi connectivity index (χ0v) is 19.5. The van der Waals surface area contributed by atoms with Gasteiger partial charge >= 0.3 is 0 Å².